The lowest BCUT2D eigenvalue weighted by Gasteiger charge is -2.39. The summed E-state index contributed by atoms with van der Waals surface area (Å²) in [6.07, 6.45) is 5.08. The van der Waals surface area contributed by atoms with Crippen LogP contribution < -0.4 is 4.90 Å². The van der Waals surface area contributed by atoms with Crippen molar-refractivity contribution in [2.24, 2.45) is 11.3 Å². The maximum absolute atomic E-state index is 14.1. The number of fused-ring (bicyclic) bond motifs is 1. The number of hydrogen-bond acceptors (Lipinski definition) is 3. The van der Waals surface area contributed by atoms with E-state index in [1.54, 1.807) is 4.90 Å². The van der Waals surface area contributed by atoms with Gasteiger partial charge in [0.1, 0.15) is 6.61 Å². The molecular weight excluding hydrogens is 436 g/mol. The van der Waals surface area contributed by atoms with E-state index in [0.717, 1.165) is 47.7 Å². The van der Waals surface area contributed by atoms with Crippen LogP contribution in [0.4, 0.5) is 10.5 Å². The molecule has 1 aliphatic carbocycles. The number of carbonyl (C=O) groups excluding carboxylic acids is 2. The zero-order valence-corrected chi connectivity index (χ0v) is 20.5. The largest absolute Gasteiger partial charge is 0.445 e. The fraction of sp³-hybridized carbons (Fsp3) is 0.400. The van der Waals surface area contributed by atoms with Crippen LogP contribution in [0, 0.1) is 11.3 Å². The number of benzene rings is 3. The molecule has 0 bridgehead atoms. The highest BCUT2D eigenvalue weighted by molar-refractivity contribution is 5.98. The molecule has 1 unspecified atom stereocenters. The van der Waals surface area contributed by atoms with Crippen molar-refractivity contribution >= 4 is 28.5 Å². The summed E-state index contributed by atoms with van der Waals surface area (Å²) < 4.78 is 5.66. The van der Waals surface area contributed by atoms with E-state index in [9.17, 15) is 9.59 Å². The van der Waals surface area contributed by atoms with E-state index in [4.69, 9.17) is 4.74 Å². The Labute approximate surface area is 207 Å². The van der Waals surface area contributed by atoms with Gasteiger partial charge < -0.3 is 14.5 Å². The van der Waals surface area contributed by atoms with Gasteiger partial charge in [-0.15, -0.1) is 0 Å². The van der Waals surface area contributed by atoms with Gasteiger partial charge in [-0.1, -0.05) is 79.9 Å². The Morgan fingerprint density at radius 2 is 1.66 bits per heavy atom. The Kier molecular flexibility index (Phi) is 6.76. The molecule has 5 nitrogen and oxygen atoms in total. The Morgan fingerprint density at radius 1 is 0.943 bits per heavy atom. The number of rotatable bonds is 5. The molecule has 3 aromatic rings. The van der Waals surface area contributed by atoms with Gasteiger partial charge in [-0.05, 0) is 48.2 Å². The minimum absolute atomic E-state index is 0.128. The number of likely N-dealkylation sites (tertiary alicyclic amines) is 1. The predicted octanol–water partition coefficient (Wildman–Crippen LogP) is 6.41. The van der Waals surface area contributed by atoms with E-state index in [1.807, 2.05) is 60.4 Å². The van der Waals surface area contributed by atoms with Crippen molar-refractivity contribution in [2.45, 2.75) is 45.6 Å². The second-order valence-electron chi connectivity index (χ2n) is 10.0. The second-order valence-corrected chi connectivity index (χ2v) is 10.0. The van der Waals surface area contributed by atoms with Crippen LogP contribution in [0.1, 0.15) is 44.6 Å². The number of anilines is 1. The minimum Gasteiger partial charge on any atom is -0.445 e. The van der Waals surface area contributed by atoms with Crippen LogP contribution in [0.2, 0.25) is 0 Å². The molecule has 0 aromatic heterocycles. The highest BCUT2D eigenvalue weighted by Gasteiger charge is 2.52. The molecule has 5 rings (SSSR count). The van der Waals surface area contributed by atoms with Crippen LogP contribution in [0.15, 0.2) is 72.8 Å². The van der Waals surface area contributed by atoms with Gasteiger partial charge in [0, 0.05) is 30.7 Å². The maximum atomic E-state index is 14.1. The lowest BCUT2D eigenvalue weighted by atomic mass is 9.67. The molecule has 0 N–H and O–H groups in total. The van der Waals surface area contributed by atoms with Crippen LogP contribution in [-0.4, -0.2) is 36.5 Å². The van der Waals surface area contributed by atoms with Crippen LogP contribution >= 0.6 is 0 Å². The van der Waals surface area contributed by atoms with Gasteiger partial charge in [0.25, 0.3) is 0 Å². The van der Waals surface area contributed by atoms with Gasteiger partial charge in [-0.3, -0.25) is 4.79 Å². The van der Waals surface area contributed by atoms with Crippen LogP contribution in [-0.2, 0) is 16.1 Å². The van der Waals surface area contributed by atoms with E-state index in [1.165, 1.54) is 6.42 Å². The topological polar surface area (TPSA) is 49.9 Å². The first kappa shape index (κ1) is 23.4. The normalized spacial score (nSPS) is 19.1. The Bertz CT molecular complexity index is 1190. The number of ether oxygens (including phenoxy) is 1. The fourth-order valence-electron chi connectivity index (χ4n) is 6.02. The number of hydrogen-bond donors (Lipinski definition) is 0. The van der Waals surface area contributed by atoms with E-state index in [0.29, 0.717) is 19.6 Å². The molecule has 35 heavy (non-hydrogen) atoms. The molecular formula is C30H34N2O3. The monoisotopic (exact) mass is 470 g/mol. The average Bonchev–Trinajstić information content (AvgIpc) is 3.27. The van der Waals surface area contributed by atoms with Crippen molar-refractivity contribution in [1.29, 1.82) is 0 Å². The highest BCUT2D eigenvalue weighted by Crippen LogP contribution is 2.48. The van der Waals surface area contributed by atoms with Gasteiger partial charge in [0.15, 0.2) is 0 Å². The molecule has 1 saturated carbocycles. The molecule has 1 saturated heterocycles. The van der Waals surface area contributed by atoms with Crippen molar-refractivity contribution in [1.82, 2.24) is 4.90 Å². The van der Waals surface area contributed by atoms with Gasteiger partial charge in [0.05, 0.1) is 5.92 Å². The number of amides is 2. The summed E-state index contributed by atoms with van der Waals surface area (Å²) >= 11 is 0. The fourth-order valence-corrected chi connectivity index (χ4v) is 6.02. The molecule has 5 heteroatoms. The first-order valence-electron chi connectivity index (χ1n) is 12.9. The summed E-state index contributed by atoms with van der Waals surface area (Å²) in [7, 11) is 0. The summed E-state index contributed by atoms with van der Waals surface area (Å²) in [5, 5.41) is 2.29. The summed E-state index contributed by atoms with van der Waals surface area (Å²) in [6, 6.07) is 24.2. The zero-order chi connectivity index (χ0) is 24.3. The van der Waals surface area contributed by atoms with Gasteiger partial charge in [-0.2, -0.15) is 0 Å². The quantitative estimate of drug-likeness (QED) is 0.433. The minimum atomic E-state index is -0.317. The summed E-state index contributed by atoms with van der Waals surface area (Å²) in [4.78, 5) is 30.8. The van der Waals surface area contributed by atoms with E-state index in [2.05, 4.69) is 24.3 Å². The summed E-state index contributed by atoms with van der Waals surface area (Å²) in [6.45, 7) is 3.91. The smallest absolute Gasteiger partial charge is 0.410 e. The first-order chi connectivity index (χ1) is 17.1. The van der Waals surface area contributed by atoms with E-state index < -0.39 is 0 Å². The Morgan fingerprint density at radius 3 is 2.40 bits per heavy atom. The lowest BCUT2D eigenvalue weighted by Crippen LogP contribution is -2.44. The molecule has 1 aliphatic heterocycles. The zero-order valence-electron chi connectivity index (χ0n) is 20.5. The van der Waals surface area contributed by atoms with E-state index in [-0.39, 0.29) is 29.9 Å². The molecule has 182 valence electrons. The Balaban J connectivity index is 1.37. The van der Waals surface area contributed by atoms with Crippen molar-refractivity contribution in [2.75, 3.05) is 24.5 Å². The lowest BCUT2D eigenvalue weighted by molar-refractivity contribution is -0.125. The molecule has 1 spiro atoms. The van der Waals surface area contributed by atoms with Crippen molar-refractivity contribution in [3.63, 3.8) is 0 Å². The van der Waals surface area contributed by atoms with Gasteiger partial charge >= 0.3 is 6.09 Å². The molecule has 2 fully saturated rings. The second kappa shape index (κ2) is 10.1. The maximum Gasteiger partial charge on any atom is 0.410 e. The number of carbonyl (C=O) groups is 2. The molecule has 3 aromatic carbocycles. The van der Waals surface area contributed by atoms with Crippen molar-refractivity contribution in [3.05, 3.63) is 78.4 Å². The van der Waals surface area contributed by atoms with Crippen LogP contribution in [0.5, 0.6) is 0 Å². The van der Waals surface area contributed by atoms with Crippen molar-refractivity contribution < 1.29 is 14.3 Å². The van der Waals surface area contributed by atoms with Crippen LogP contribution in [0.3, 0.4) is 0 Å². The van der Waals surface area contributed by atoms with Crippen molar-refractivity contribution in [3.8, 4) is 0 Å². The molecule has 1 atom stereocenters. The highest BCUT2D eigenvalue weighted by atomic mass is 16.6. The third kappa shape index (κ3) is 4.77. The average molecular weight is 471 g/mol. The SMILES string of the molecule is CCN(C(=O)C1CN(C(=O)OCc2ccccc2)CC12CCCCC2)c1ccc2ccccc2c1. The summed E-state index contributed by atoms with van der Waals surface area (Å²) in [5.74, 6) is -0.0819. The molecule has 2 amide bonds. The summed E-state index contributed by atoms with van der Waals surface area (Å²) in [5.41, 5.74) is 1.73. The standard InChI is InChI=1S/C30H34N2O3/c1-2-32(26-16-15-24-13-7-8-14-25(24)19-26)28(33)27-20-31(22-30(27)17-9-4-10-18-30)29(34)35-21-23-11-5-3-6-12-23/h3,5-8,11-16,19,27H,2,4,9-10,17-18,20-22H2,1H3. The third-order valence-corrected chi connectivity index (χ3v) is 7.89. The van der Waals surface area contributed by atoms with Gasteiger partial charge in [0.2, 0.25) is 5.91 Å². The number of nitrogens with zero attached hydrogens (tertiary/aromatic N) is 2. The Hall–Kier alpha value is -3.34. The van der Waals surface area contributed by atoms with Gasteiger partial charge in [-0.25, -0.2) is 4.79 Å². The first-order valence-corrected chi connectivity index (χ1v) is 12.9. The molecule has 0 radical (unpaired) electrons. The van der Waals surface area contributed by atoms with E-state index >= 15 is 0 Å². The predicted molar refractivity (Wildman–Crippen MR) is 139 cm³/mol. The van der Waals surface area contributed by atoms with Crippen LogP contribution in [0.25, 0.3) is 10.8 Å². The molecule has 2 aliphatic rings. The molecule has 1 heterocycles. The third-order valence-electron chi connectivity index (χ3n) is 7.89.